The van der Waals surface area contributed by atoms with E-state index in [-0.39, 0.29) is 5.25 Å². The van der Waals surface area contributed by atoms with Crippen LogP contribution in [0, 0.1) is 0 Å². The molecule has 2 aliphatic rings. The highest BCUT2D eigenvalue weighted by atomic mass is 32.2. The van der Waals surface area contributed by atoms with E-state index >= 15 is 0 Å². The molecule has 0 aliphatic carbocycles. The van der Waals surface area contributed by atoms with Gasteiger partial charge in [-0.1, -0.05) is 42.5 Å². The molecule has 0 radical (unpaired) electrons. The molecule has 0 spiro atoms. The molecule has 3 heteroatoms. The van der Waals surface area contributed by atoms with Gasteiger partial charge in [0.05, 0.1) is 10.9 Å². The summed E-state index contributed by atoms with van der Waals surface area (Å²) in [6, 6.07) is 16.2. The first-order chi connectivity index (χ1) is 9.84. The molecule has 0 saturated carbocycles. The SMILES string of the molecule is Nc1cccc2c1OC(c1ccccc1)=C1C=CSC12. The first-order valence-electron chi connectivity index (χ1n) is 6.52. The highest BCUT2D eigenvalue weighted by molar-refractivity contribution is 8.02. The lowest BCUT2D eigenvalue weighted by molar-refractivity contribution is 0.496. The second kappa shape index (κ2) is 4.46. The average Bonchev–Trinajstić information content (AvgIpc) is 2.97. The number of allylic oxidation sites excluding steroid dienone is 1. The van der Waals surface area contributed by atoms with Crippen molar-refractivity contribution in [3.63, 3.8) is 0 Å². The average molecular weight is 279 g/mol. The number of anilines is 1. The summed E-state index contributed by atoms with van der Waals surface area (Å²) in [5.41, 5.74) is 10.3. The van der Waals surface area contributed by atoms with Crippen LogP contribution in [0.2, 0.25) is 0 Å². The number of hydrogen-bond acceptors (Lipinski definition) is 3. The molecule has 2 aromatic carbocycles. The molecular formula is C17H13NOS. The quantitative estimate of drug-likeness (QED) is 0.787. The normalized spacial score (nSPS) is 19.5. The van der Waals surface area contributed by atoms with Gasteiger partial charge >= 0.3 is 0 Å². The fourth-order valence-electron chi connectivity index (χ4n) is 2.66. The van der Waals surface area contributed by atoms with Crippen molar-refractivity contribution < 1.29 is 4.74 Å². The Kier molecular flexibility index (Phi) is 2.60. The smallest absolute Gasteiger partial charge is 0.155 e. The second-order valence-corrected chi connectivity index (χ2v) is 5.85. The maximum Gasteiger partial charge on any atom is 0.155 e. The van der Waals surface area contributed by atoms with Gasteiger partial charge in [0, 0.05) is 16.7 Å². The minimum Gasteiger partial charge on any atom is -0.454 e. The fourth-order valence-corrected chi connectivity index (χ4v) is 3.71. The zero-order chi connectivity index (χ0) is 13.5. The number of nitrogens with two attached hydrogens (primary N) is 1. The molecule has 0 amide bonds. The number of fused-ring (bicyclic) bond motifs is 3. The molecule has 98 valence electrons. The number of nitrogen functional groups attached to an aromatic ring is 1. The van der Waals surface area contributed by atoms with E-state index in [1.54, 1.807) is 11.8 Å². The maximum atomic E-state index is 6.15. The summed E-state index contributed by atoms with van der Waals surface area (Å²) in [5.74, 6) is 1.72. The lowest BCUT2D eigenvalue weighted by Gasteiger charge is -2.27. The Morgan fingerprint density at radius 1 is 1.00 bits per heavy atom. The van der Waals surface area contributed by atoms with Crippen LogP contribution in [0.25, 0.3) is 5.76 Å². The number of para-hydroxylation sites is 1. The van der Waals surface area contributed by atoms with Gasteiger partial charge in [-0.2, -0.15) is 0 Å². The molecule has 0 aromatic heterocycles. The van der Waals surface area contributed by atoms with Crippen LogP contribution in [-0.4, -0.2) is 0 Å². The molecule has 2 nitrogen and oxygen atoms in total. The maximum absolute atomic E-state index is 6.15. The van der Waals surface area contributed by atoms with Crippen molar-refractivity contribution in [3.05, 3.63) is 76.7 Å². The highest BCUT2D eigenvalue weighted by Gasteiger charge is 2.32. The highest BCUT2D eigenvalue weighted by Crippen LogP contribution is 2.53. The Hall–Kier alpha value is -2.13. The molecule has 0 fully saturated rings. The van der Waals surface area contributed by atoms with Crippen molar-refractivity contribution in [2.24, 2.45) is 0 Å². The van der Waals surface area contributed by atoms with Gasteiger partial charge in [0.2, 0.25) is 0 Å². The van der Waals surface area contributed by atoms with E-state index < -0.39 is 0 Å². The standard InChI is InChI=1S/C17H13NOS/c18-14-8-4-7-12-16(14)19-15(11-5-2-1-3-6-11)13-9-10-20-17(12)13/h1-10,17H,18H2. The van der Waals surface area contributed by atoms with Crippen molar-refractivity contribution in [1.82, 2.24) is 0 Å². The first kappa shape index (κ1) is 11.7. The summed E-state index contributed by atoms with van der Waals surface area (Å²) in [7, 11) is 0. The van der Waals surface area contributed by atoms with Crippen LogP contribution >= 0.6 is 11.8 Å². The summed E-state index contributed by atoms with van der Waals surface area (Å²) in [6.07, 6.45) is 2.14. The van der Waals surface area contributed by atoms with Gasteiger partial charge in [0.15, 0.2) is 5.75 Å². The van der Waals surface area contributed by atoms with Crippen molar-refractivity contribution in [1.29, 1.82) is 0 Å². The molecule has 2 heterocycles. The Labute approximate surface area is 121 Å². The minimum atomic E-state index is 0.289. The monoisotopic (exact) mass is 279 g/mol. The van der Waals surface area contributed by atoms with E-state index in [0.29, 0.717) is 5.69 Å². The third-order valence-corrected chi connectivity index (χ3v) is 4.68. The number of hydrogen-bond donors (Lipinski definition) is 1. The van der Waals surface area contributed by atoms with Crippen molar-refractivity contribution >= 4 is 23.2 Å². The van der Waals surface area contributed by atoms with Gasteiger partial charge in [0.1, 0.15) is 5.76 Å². The molecule has 0 saturated heterocycles. The van der Waals surface area contributed by atoms with E-state index in [9.17, 15) is 0 Å². The summed E-state index contributed by atoms with van der Waals surface area (Å²) in [5, 5.41) is 2.42. The number of rotatable bonds is 1. The molecule has 2 aromatic rings. The van der Waals surface area contributed by atoms with E-state index in [1.807, 2.05) is 30.3 Å². The van der Waals surface area contributed by atoms with Gasteiger partial charge in [-0.05, 0) is 17.6 Å². The van der Waals surface area contributed by atoms with Gasteiger partial charge in [0.25, 0.3) is 0 Å². The van der Waals surface area contributed by atoms with E-state index in [0.717, 1.165) is 22.6 Å². The third kappa shape index (κ3) is 1.67. The molecule has 0 bridgehead atoms. The Morgan fingerprint density at radius 3 is 2.70 bits per heavy atom. The Balaban J connectivity index is 1.92. The predicted octanol–water partition coefficient (Wildman–Crippen LogP) is 4.37. The summed E-state index contributed by atoms with van der Waals surface area (Å²) in [6.45, 7) is 0. The van der Waals surface area contributed by atoms with Crippen LogP contribution in [0.4, 0.5) is 5.69 Å². The summed E-state index contributed by atoms with van der Waals surface area (Å²) in [4.78, 5) is 0. The molecule has 20 heavy (non-hydrogen) atoms. The van der Waals surface area contributed by atoms with E-state index in [4.69, 9.17) is 10.5 Å². The van der Waals surface area contributed by atoms with Crippen LogP contribution in [0.15, 0.2) is 65.6 Å². The lowest BCUT2D eigenvalue weighted by Crippen LogP contribution is -2.12. The van der Waals surface area contributed by atoms with Crippen molar-refractivity contribution in [3.8, 4) is 5.75 Å². The molecule has 4 rings (SSSR count). The van der Waals surface area contributed by atoms with Crippen LogP contribution in [-0.2, 0) is 0 Å². The van der Waals surface area contributed by atoms with Crippen LogP contribution in [0.5, 0.6) is 5.75 Å². The lowest BCUT2D eigenvalue weighted by atomic mass is 9.96. The zero-order valence-corrected chi connectivity index (χ0v) is 11.6. The molecule has 1 atom stereocenters. The number of thioether (sulfide) groups is 1. The molecule has 2 aliphatic heterocycles. The van der Waals surface area contributed by atoms with Crippen LogP contribution in [0.3, 0.4) is 0 Å². The molecular weight excluding hydrogens is 266 g/mol. The molecule has 2 N–H and O–H groups in total. The number of benzene rings is 2. The van der Waals surface area contributed by atoms with E-state index in [2.05, 4.69) is 29.7 Å². The van der Waals surface area contributed by atoms with Crippen LogP contribution < -0.4 is 10.5 Å². The zero-order valence-electron chi connectivity index (χ0n) is 10.7. The van der Waals surface area contributed by atoms with Gasteiger partial charge in [-0.15, -0.1) is 11.8 Å². The fraction of sp³-hybridized carbons (Fsp3) is 0.0588. The van der Waals surface area contributed by atoms with Crippen molar-refractivity contribution in [2.45, 2.75) is 5.25 Å². The minimum absolute atomic E-state index is 0.289. The second-order valence-electron chi connectivity index (χ2n) is 4.84. The van der Waals surface area contributed by atoms with Gasteiger partial charge in [-0.25, -0.2) is 0 Å². The Bertz CT molecular complexity index is 734. The van der Waals surface area contributed by atoms with E-state index in [1.165, 1.54) is 5.57 Å². The first-order valence-corrected chi connectivity index (χ1v) is 7.47. The number of ether oxygens (including phenoxy) is 1. The van der Waals surface area contributed by atoms with Gasteiger partial charge in [-0.3, -0.25) is 0 Å². The Morgan fingerprint density at radius 2 is 1.85 bits per heavy atom. The largest absolute Gasteiger partial charge is 0.454 e. The summed E-state index contributed by atoms with van der Waals surface area (Å²) >= 11 is 1.80. The van der Waals surface area contributed by atoms with Crippen LogP contribution in [0.1, 0.15) is 16.4 Å². The third-order valence-electron chi connectivity index (χ3n) is 3.61. The predicted molar refractivity (Wildman–Crippen MR) is 84.3 cm³/mol. The topological polar surface area (TPSA) is 35.2 Å². The van der Waals surface area contributed by atoms with Gasteiger partial charge < -0.3 is 10.5 Å². The molecule has 1 unspecified atom stereocenters. The summed E-state index contributed by atoms with van der Waals surface area (Å²) < 4.78 is 6.15. The van der Waals surface area contributed by atoms with Crippen molar-refractivity contribution in [2.75, 3.05) is 5.73 Å².